The van der Waals surface area contributed by atoms with E-state index in [4.69, 9.17) is 11.6 Å². The lowest BCUT2D eigenvalue weighted by Gasteiger charge is -2.28. The van der Waals surface area contributed by atoms with Crippen molar-refractivity contribution in [3.63, 3.8) is 0 Å². The Morgan fingerprint density at radius 3 is 2.33 bits per heavy atom. The Labute approximate surface area is 238 Å². The first-order valence-electron chi connectivity index (χ1n) is 13.5. The van der Waals surface area contributed by atoms with E-state index in [0.29, 0.717) is 61.1 Å². The lowest BCUT2D eigenvalue weighted by molar-refractivity contribution is 0.0724. The van der Waals surface area contributed by atoms with Crippen LogP contribution >= 0.6 is 11.6 Å². The molecule has 1 fully saturated rings. The maximum absolute atomic E-state index is 14.2. The van der Waals surface area contributed by atoms with E-state index in [-0.39, 0.29) is 24.0 Å². The molecule has 0 saturated carbocycles. The van der Waals surface area contributed by atoms with Gasteiger partial charge in [0.2, 0.25) is 0 Å². The monoisotopic (exact) mass is 557 g/mol. The van der Waals surface area contributed by atoms with Crippen molar-refractivity contribution in [3.8, 4) is 16.9 Å². The number of hydrogen-bond acceptors (Lipinski definition) is 4. The van der Waals surface area contributed by atoms with E-state index in [9.17, 15) is 14.4 Å². The third-order valence-electron chi connectivity index (χ3n) is 7.11. The van der Waals surface area contributed by atoms with Crippen LogP contribution in [0.5, 0.6) is 0 Å². The summed E-state index contributed by atoms with van der Waals surface area (Å²) in [6, 6.07) is 24.1. The summed E-state index contributed by atoms with van der Waals surface area (Å²) in [5.41, 5.74) is 3.48. The number of carbonyl (C=O) groups is 2. The Morgan fingerprint density at radius 1 is 0.925 bits per heavy atom. The molecule has 3 aromatic carbocycles. The van der Waals surface area contributed by atoms with Crippen molar-refractivity contribution in [2.24, 2.45) is 0 Å². The molecule has 4 aromatic rings. The molecule has 40 heavy (non-hydrogen) atoms. The molecule has 0 atom stereocenters. The van der Waals surface area contributed by atoms with Gasteiger partial charge in [-0.1, -0.05) is 72.3 Å². The maximum Gasteiger partial charge on any atom is 0.333 e. The average molecular weight is 558 g/mol. The summed E-state index contributed by atoms with van der Waals surface area (Å²) in [5, 5.41) is 6.55. The number of nitrogens with one attached hydrogen (secondary N) is 2. The number of para-hydroxylation sites is 1. The molecule has 1 aromatic heterocycles. The van der Waals surface area contributed by atoms with Gasteiger partial charge < -0.3 is 15.5 Å². The molecule has 0 bridgehead atoms. The fourth-order valence-corrected chi connectivity index (χ4v) is 5.29. The van der Waals surface area contributed by atoms with E-state index in [1.165, 1.54) is 0 Å². The molecule has 2 N–H and O–H groups in total. The Hall–Kier alpha value is -4.14. The first-order chi connectivity index (χ1) is 19.5. The Kier molecular flexibility index (Phi) is 8.48. The summed E-state index contributed by atoms with van der Waals surface area (Å²) in [6.45, 7) is 5.04. The number of hydrogen-bond donors (Lipinski definition) is 2. The smallest absolute Gasteiger partial charge is 0.333 e. The topological polar surface area (TPSA) is 88.4 Å². The minimum Gasteiger partial charge on any atom is -0.352 e. The van der Waals surface area contributed by atoms with E-state index in [2.05, 4.69) is 10.6 Å². The number of halogens is 1. The fourth-order valence-electron chi connectivity index (χ4n) is 5.07. The average Bonchev–Trinajstić information content (AvgIpc) is 3.27. The molecule has 206 valence electrons. The second-order valence-electron chi connectivity index (χ2n) is 9.75. The zero-order valence-corrected chi connectivity index (χ0v) is 23.2. The molecule has 5 rings (SSSR count). The Morgan fingerprint density at radius 2 is 1.60 bits per heavy atom. The molecule has 0 aliphatic carbocycles. The van der Waals surface area contributed by atoms with Gasteiger partial charge in [0.1, 0.15) is 5.69 Å². The van der Waals surface area contributed by atoms with Crippen LogP contribution in [0, 0.1) is 6.92 Å². The van der Waals surface area contributed by atoms with Crippen LogP contribution in [-0.4, -0.2) is 58.6 Å². The second-order valence-corrected chi connectivity index (χ2v) is 10.2. The van der Waals surface area contributed by atoms with Gasteiger partial charge in [0, 0.05) is 44.8 Å². The molecular formula is C31H32ClN5O3. The lowest BCUT2D eigenvalue weighted by atomic mass is 10.1. The number of piperazine rings is 1. The van der Waals surface area contributed by atoms with Gasteiger partial charge in [-0.2, -0.15) is 0 Å². The van der Waals surface area contributed by atoms with Crippen molar-refractivity contribution in [2.75, 3.05) is 32.7 Å². The maximum atomic E-state index is 14.2. The number of aryl methyl sites for hydroxylation is 1. The molecule has 2 amide bonds. The molecular weight excluding hydrogens is 526 g/mol. The molecule has 0 spiro atoms. The summed E-state index contributed by atoms with van der Waals surface area (Å²) >= 11 is 6.17. The van der Waals surface area contributed by atoms with E-state index in [1.54, 1.807) is 38.3 Å². The highest BCUT2D eigenvalue weighted by molar-refractivity contribution is 6.33. The molecule has 1 saturated heterocycles. The van der Waals surface area contributed by atoms with Gasteiger partial charge in [-0.15, -0.1) is 0 Å². The number of nitrogens with zero attached hydrogens (tertiary/aromatic N) is 3. The van der Waals surface area contributed by atoms with Crippen molar-refractivity contribution in [1.82, 2.24) is 24.7 Å². The minimum atomic E-state index is -0.288. The highest BCUT2D eigenvalue weighted by Crippen LogP contribution is 2.29. The largest absolute Gasteiger partial charge is 0.352 e. The first-order valence-corrected chi connectivity index (χ1v) is 13.8. The number of rotatable bonds is 8. The molecule has 0 unspecified atom stereocenters. The first kappa shape index (κ1) is 27.4. The normalized spacial score (nSPS) is 13.3. The van der Waals surface area contributed by atoms with Crippen LogP contribution in [0.4, 0.5) is 0 Å². The Balaban J connectivity index is 1.55. The van der Waals surface area contributed by atoms with Crippen molar-refractivity contribution in [1.29, 1.82) is 0 Å². The summed E-state index contributed by atoms with van der Waals surface area (Å²) in [7, 11) is 0. The van der Waals surface area contributed by atoms with Crippen LogP contribution < -0.4 is 16.3 Å². The van der Waals surface area contributed by atoms with Crippen molar-refractivity contribution >= 4 is 23.4 Å². The summed E-state index contributed by atoms with van der Waals surface area (Å²) in [5.74, 6) is -0.456. The molecule has 8 nitrogen and oxygen atoms in total. The number of aromatic nitrogens is 2. The number of benzene rings is 3. The van der Waals surface area contributed by atoms with Gasteiger partial charge >= 0.3 is 5.69 Å². The molecule has 0 radical (unpaired) electrons. The van der Waals surface area contributed by atoms with Gasteiger partial charge in [-0.05, 0) is 37.1 Å². The van der Waals surface area contributed by atoms with E-state index < -0.39 is 0 Å². The Bertz CT molecular complexity index is 1570. The van der Waals surface area contributed by atoms with Crippen LogP contribution in [0.1, 0.15) is 32.8 Å². The van der Waals surface area contributed by atoms with E-state index in [0.717, 1.165) is 16.8 Å². The van der Waals surface area contributed by atoms with Crippen LogP contribution in [0.2, 0.25) is 5.02 Å². The van der Waals surface area contributed by atoms with Crippen molar-refractivity contribution < 1.29 is 9.59 Å². The highest BCUT2D eigenvalue weighted by atomic mass is 35.5. The van der Waals surface area contributed by atoms with Gasteiger partial charge in [0.25, 0.3) is 11.8 Å². The van der Waals surface area contributed by atoms with E-state index in [1.807, 2.05) is 61.5 Å². The third kappa shape index (κ3) is 5.59. The lowest BCUT2D eigenvalue weighted by Crippen LogP contribution is -2.47. The van der Waals surface area contributed by atoms with Crippen LogP contribution in [0.15, 0.2) is 83.7 Å². The van der Waals surface area contributed by atoms with Crippen molar-refractivity contribution in [3.05, 3.63) is 111 Å². The standard InChI is InChI=1S/C31H32ClN5O3/c1-22-10-5-8-15-26(22)37-27(23-11-3-2-4-12-23)28(30(39)35-20-17-33-18-21-35)36(31(37)40)19-9-16-34-29(38)24-13-6-7-14-25(24)32/h2-8,10-15,33H,9,16-21H2,1H3,(H,34,38). The summed E-state index contributed by atoms with van der Waals surface area (Å²) in [4.78, 5) is 42.7. The third-order valence-corrected chi connectivity index (χ3v) is 7.44. The van der Waals surface area contributed by atoms with Gasteiger partial charge in [-0.25, -0.2) is 4.79 Å². The zero-order valence-electron chi connectivity index (χ0n) is 22.4. The number of carbonyl (C=O) groups excluding carboxylic acids is 2. The van der Waals surface area contributed by atoms with Crippen LogP contribution in [0.3, 0.4) is 0 Å². The quantitative estimate of drug-likeness (QED) is 0.319. The predicted octanol–water partition coefficient (Wildman–Crippen LogP) is 4.13. The number of imidazole rings is 1. The van der Waals surface area contributed by atoms with Gasteiger partial charge in [0.05, 0.1) is 22.0 Å². The minimum absolute atomic E-state index is 0.176. The van der Waals surface area contributed by atoms with E-state index >= 15 is 0 Å². The summed E-state index contributed by atoms with van der Waals surface area (Å²) in [6.07, 6.45) is 0.448. The van der Waals surface area contributed by atoms with Crippen LogP contribution in [-0.2, 0) is 6.54 Å². The summed E-state index contributed by atoms with van der Waals surface area (Å²) < 4.78 is 3.23. The molecule has 1 aliphatic rings. The zero-order chi connectivity index (χ0) is 28.1. The SMILES string of the molecule is Cc1ccccc1-n1c(-c2ccccc2)c(C(=O)N2CCNCC2)n(CCCNC(=O)c2ccccc2Cl)c1=O. The number of amides is 2. The van der Waals surface area contributed by atoms with Crippen LogP contribution in [0.25, 0.3) is 16.9 Å². The predicted molar refractivity (Wildman–Crippen MR) is 157 cm³/mol. The highest BCUT2D eigenvalue weighted by Gasteiger charge is 2.31. The van der Waals surface area contributed by atoms with Crippen molar-refractivity contribution in [2.45, 2.75) is 19.9 Å². The second kappa shape index (κ2) is 12.4. The van der Waals surface area contributed by atoms with Gasteiger partial charge in [-0.3, -0.25) is 18.7 Å². The molecule has 1 aliphatic heterocycles. The molecule has 9 heteroatoms. The molecule has 2 heterocycles. The fraction of sp³-hybridized carbons (Fsp3) is 0.258. The van der Waals surface area contributed by atoms with Gasteiger partial charge in [0.15, 0.2) is 0 Å².